The molecule has 9 nitrogen and oxygen atoms in total. The van der Waals surface area contributed by atoms with Crippen LogP contribution < -0.4 is 10.2 Å². The van der Waals surface area contributed by atoms with E-state index in [1.54, 1.807) is 5.32 Å². The molecule has 1 amide bonds. The number of carboxylic acids is 1. The lowest BCUT2D eigenvalue weighted by molar-refractivity contribution is -0.135. The molecule has 0 aliphatic carbocycles. The van der Waals surface area contributed by atoms with E-state index in [2.05, 4.69) is 39.1 Å². The molecule has 1 aliphatic rings. The van der Waals surface area contributed by atoms with Crippen LogP contribution in [0.3, 0.4) is 0 Å². The molecule has 4 rings (SSSR count). The Kier molecular flexibility index (Phi) is 6.98. The van der Waals surface area contributed by atoms with Gasteiger partial charge in [0.1, 0.15) is 12.3 Å². The fourth-order valence-electron chi connectivity index (χ4n) is 4.36. The highest BCUT2D eigenvalue weighted by Gasteiger charge is 2.23. The Morgan fingerprint density at radius 2 is 1.67 bits per heavy atom. The molecule has 0 unspecified atom stereocenters. The highest BCUT2D eigenvalue weighted by molar-refractivity contribution is 5.96. The summed E-state index contributed by atoms with van der Waals surface area (Å²) in [6.45, 7) is 0.195. The number of hydrogen-bond donors (Lipinski definition) is 4. The van der Waals surface area contributed by atoms with E-state index in [4.69, 9.17) is 7.85 Å². The van der Waals surface area contributed by atoms with Gasteiger partial charge in [0.25, 0.3) is 5.91 Å². The number of carboxylic acid groups (broad SMARTS) is 1. The maximum atomic E-state index is 12.4. The molecule has 1 saturated heterocycles. The van der Waals surface area contributed by atoms with Gasteiger partial charge in [0, 0.05) is 25.2 Å². The van der Waals surface area contributed by atoms with Gasteiger partial charge in [-0.3, -0.25) is 9.59 Å². The van der Waals surface area contributed by atoms with Gasteiger partial charge >= 0.3 is 5.97 Å². The van der Waals surface area contributed by atoms with Crippen molar-refractivity contribution in [3.8, 4) is 16.9 Å². The van der Waals surface area contributed by atoms with Gasteiger partial charge in [0.2, 0.25) is 0 Å². The van der Waals surface area contributed by atoms with Crippen LogP contribution in [-0.4, -0.2) is 56.8 Å². The highest BCUT2D eigenvalue weighted by atomic mass is 16.4. The van der Waals surface area contributed by atoms with Gasteiger partial charge in [0.15, 0.2) is 11.4 Å². The zero-order valence-electron chi connectivity index (χ0n) is 21.9. The molecule has 1 fully saturated rings. The summed E-state index contributed by atoms with van der Waals surface area (Å²) in [6.07, 6.45) is 2.22. The third kappa shape index (κ3) is 5.98. The Hall–Kier alpha value is -3.98. The van der Waals surface area contributed by atoms with Crippen LogP contribution in [0.5, 0.6) is 5.75 Å². The predicted octanol–water partition coefficient (Wildman–Crippen LogP) is 2.92. The second kappa shape index (κ2) is 11.2. The molecule has 36 heavy (non-hydrogen) atoms. The van der Waals surface area contributed by atoms with Crippen molar-refractivity contribution in [1.82, 2.24) is 15.3 Å². The van der Waals surface area contributed by atoms with Crippen LogP contribution in [0.4, 0.5) is 5.69 Å². The van der Waals surface area contributed by atoms with Crippen LogP contribution in [0.15, 0.2) is 48.5 Å². The van der Waals surface area contributed by atoms with Crippen molar-refractivity contribution in [2.45, 2.75) is 32.8 Å². The standard InChI is InChI=1S/C27H30N4O5/c1-17-26(35)25(27(36)28-15-24(33)34)30-23(29-17)14-18-10-12-31(13-11-18)22-8-6-21(7-9-22)20-4-2-19(16-32)3-5-20/h2-9,18,32,35H,10-16H2,1H3,(H,28,36)(H,33,34)/i15D2. The SMILES string of the molecule is [2H]C([2H])(NC(=O)c1nc(CC2CCN(c3ccc(-c4ccc(CO)cc4)cc3)CC2)nc(C)c1O)C(=O)O. The summed E-state index contributed by atoms with van der Waals surface area (Å²) >= 11 is 0. The van der Waals surface area contributed by atoms with E-state index in [0.717, 1.165) is 48.3 Å². The van der Waals surface area contributed by atoms with Gasteiger partial charge < -0.3 is 25.5 Å². The van der Waals surface area contributed by atoms with E-state index in [0.29, 0.717) is 12.2 Å². The molecule has 2 heterocycles. The number of amides is 1. The van der Waals surface area contributed by atoms with Crippen LogP contribution >= 0.6 is 0 Å². The number of hydrogen-bond acceptors (Lipinski definition) is 7. The second-order valence-corrected chi connectivity index (χ2v) is 8.84. The number of nitrogens with one attached hydrogen (secondary N) is 1. The van der Waals surface area contributed by atoms with E-state index in [9.17, 15) is 19.8 Å². The summed E-state index contributed by atoms with van der Waals surface area (Å²) in [5.41, 5.74) is 3.91. The van der Waals surface area contributed by atoms with Crippen LogP contribution in [0, 0.1) is 12.8 Å². The first-order valence-corrected chi connectivity index (χ1v) is 11.7. The Bertz CT molecular complexity index is 1310. The Balaban J connectivity index is 1.38. The Labute approximate surface area is 212 Å². The van der Waals surface area contributed by atoms with Crippen molar-refractivity contribution in [2.75, 3.05) is 24.5 Å². The lowest BCUT2D eigenvalue weighted by Crippen LogP contribution is -2.34. The van der Waals surface area contributed by atoms with Crippen molar-refractivity contribution >= 4 is 17.6 Å². The number of benzene rings is 2. The molecule has 0 atom stereocenters. The minimum absolute atomic E-state index is 0.0234. The quantitative estimate of drug-likeness (QED) is 0.377. The Morgan fingerprint density at radius 1 is 1.06 bits per heavy atom. The fraction of sp³-hybridized carbons (Fsp3) is 0.333. The van der Waals surface area contributed by atoms with Crippen molar-refractivity contribution in [3.63, 3.8) is 0 Å². The molecular formula is C27H30N4O5. The molecule has 0 bridgehead atoms. The largest absolute Gasteiger partial charge is 0.504 e. The van der Waals surface area contributed by atoms with Gasteiger partial charge in [-0.25, -0.2) is 9.97 Å². The maximum Gasteiger partial charge on any atom is 0.322 e. The summed E-state index contributed by atoms with van der Waals surface area (Å²) in [5, 5.41) is 30.1. The fourth-order valence-corrected chi connectivity index (χ4v) is 4.36. The van der Waals surface area contributed by atoms with Gasteiger partial charge in [0.05, 0.1) is 15.0 Å². The molecule has 188 valence electrons. The maximum absolute atomic E-state index is 12.4. The number of aliphatic hydroxyl groups excluding tert-OH is 1. The Morgan fingerprint density at radius 3 is 2.25 bits per heavy atom. The average Bonchev–Trinajstić information content (AvgIpc) is 2.91. The first kappa shape index (κ1) is 22.5. The molecule has 4 N–H and O–H groups in total. The molecule has 0 spiro atoms. The first-order valence-electron chi connectivity index (χ1n) is 12.7. The minimum atomic E-state index is -3.00. The molecule has 3 aromatic rings. The zero-order chi connectivity index (χ0) is 27.4. The number of nitrogens with zero attached hydrogens (tertiary/aromatic N) is 3. The van der Waals surface area contributed by atoms with Gasteiger partial charge in [-0.15, -0.1) is 0 Å². The zero-order valence-corrected chi connectivity index (χ0v) is 19.9. The normalized spacial score (nSPS) is 15.2. The number of aromatic nitrogens is 2. The predicted molar refractivity (Wildman–Crippen MR) is 135 cm³/mol. The summed E-state index contributed by atoms with van der Waals surface area (Å²) in [4.78, 5) is 34.2. The summed E-state index contributed by atoms with van der Waals surface area (Å²) in [7, 11) is 0. The third-order valence-corrected chi connectivity index (χ3v) is 6.39. The number of aromatic hydroxyl groups is 1. The molecule has 2 aromatic carbocycles. The smallest absolute Gasteiger partial charge is 0.322 e. The van der Waals surface area contributed by atoms with Crippen molar-refractivity contribution < 1.29 is 27.7 Å². The molecule has 9 heteroatoms. The molecule has 1 aliphatic heterocycles. The van der Waals surface area contributed by atoms with Crippen LogP contribution in [0.1, 0.15) is 43.2 Å². The second-order valence-electron chi connectivity index (χ2n) is 8.84. The molecular weight excluding hydrogens is 460 g/mol. The number of aliphatic hydroxyl groups is 1. The van der Waals surface area contributed by atoms with E-state index < -0.39 is 29.8 Å². The van der Waals surface area contributed by atoms with Crippen LogP contribution in [0.2, 0.25) is 0 Å². The monoisotopic (exact) mass is 492 g/mol. The van der Waals surface area contributed by atoms with Crippen molar-refractivity contribution in [1.29, 1.82) is 0 Å². The number of rotatable bonds is 8. The van der Waals surface area contributed by atoms with E-state index in [-0.39, 0.29) is 18.2 Å². The first-order chi connectivity index (χ1) is 18.1. The lowest BCUT2D eigenvalue weighted by Gasteiger charge is -2.33. The highest BCUT2D eigenvalue weighted by Crippen LogP contribution is 2.28. The average molecular weight is 493 g/mol. The van der Waals surface area contributed by atoms with Crippen LogP contribution in [0.25, 0.3) is 11.1 Å². The van der Waals surface area contributed by atoms with Crippen molar-refractivity contribution in [3.05, 3.63) is 71.3 Å². The van der Waals surface area contributed by atoms with Gasteiger partial charge in [-0.1, -0.05) is 36.4 Å². The number of aliphatic carboxylic acids is 1. The minimum Gasteiger partial charge on any atom is -0.504 e. The summed E-state index contributed by atoms with van der Waals surface area (Å²) in [5.74, 6) is -2.88. The number of piperidine rings is 1. The number of carbonyl (C=O) groups excluding carboxylic acids is 1. The van der Waals surface area contributed by atoms with Gasteiger partial charge in [-0.2, -0.15) is 0 Å². The van der Waals surface area contributed by atoms with Crippen molar-refractivity contribution in [2.24, 2.45) is 5.92 Å². The topological polar surface area (TPSA) is 136 Å². The summed E-state index contributed by atoms with van der Waals surface area (Å²) < 4.78 is 14.8. The van der Waals surface area contributed by atoms with E-state index >= 15 is 0 Å². The molecule has 0 saturated carbocycles. The third-order valence-electron chi connectivity index (χ3n) is 6.39. The number of anilines is 1. The van der Waals surface area contributed by atoms with E-state index in [1.165, 1.54) is 6.92 Å². The van der Waals surface area contributed by atoms with E-state index in [1.807, 2.05) is 24.3 Å². The van der Waals surface area contributed by atoms with Gasteiger partial charge in [-0.05, 0) is 54.5 Å². The van der Waals surface area contributed by atoms with Crippen LogP contribution in [-0.2, 0) is 17.8 Å². The number of aryl methyl sites for hydroxylation is 1. The summed E-state index contributed by atoms with van der Waals surface area (Å²) in [6, 6.07) is 16.2. The molecule has 0 radical (unpaired) electrons. The lowest BCUT2D eigenvalue weighted by atomic mass is 9.92. The number of carbonyl (C=O) groups is 2. The molecule has 1 aromatic heterocycles.